The minimum absolute atomic E-state index is 0.233. The average Bonchev–Trinajstić information content (AvgIpc) is 3.36. The fourth-order valence-electron chi connectivity index (χ4n) is 5.52. The lowest BCUT2D eigenvalue weighted by Gasteiger charge is -2.41. The number of halogens is 3. The Morgan fingerprint density at radius 2 is 1.58 bits per heavy atom. The number of piperidine rings is 1. The van der Waals surface area contributed by atoms with E-state index in [-0.39, 0.29) is 12.5 Å². The van der Waals surface area contributed by atoms with E-state index in [1.807, 2.05) is 48.5 Å². The molecule has 2 aliphatic rings. The highest BCUT2D eigenvalue weighted by atomic mass is 19.4. The van der Waals surface area contributed by atoms with Gasteiger partial charge in [-0.2, -0.15) is 13.2 Å². The van der Waals surface area contributed by atoms with Crippen LogP contribution in [0.15, 0.2) is 72.8 Å². The number of aryl methyl sites for hydroxylation is 2. The summed E-state index contributed by atoms with van der Waals surface area (Å²) in [6, 6.07) is 19.2. The molecule has 1 aliphatic carbocycles. The van der Waals surface area contributed by atoms with Crippen molar-refractivity contribution in [1.29, 1.82) is 0 Å². The van der Waals surface area contributed by atoms with Crippen molar-refractivity contribution in [1.82, 2.24) is 4.90 Å². The van der Waals surface area contributed by atoms with Crippen LogP contribution in [0.1, 0.15) is 57.9 Å². The van der Waals surface area contributed by atoms with E-state index >= 15 is 0 Å². The number of nitrogens with one attached hydrogen (secondary N) is 1. The summed E-state index contributed by atoms with van der Waals surface area (Å²) in [7, 11) is 0. The smallest absolute Gasteiger partial charge is 0.331 e. The number of fused-ring (bicyclic) bond motifs is 1. The van der Waals surface area contributed by atoms with Crippen molar-refractivity contribution in [3.8, 4) is 0 Å². The number of anilines is 1. The highest BCUT2D eigenvalue weighted by molar-refractivity contribution is 5.98. The Kier molecular flexibility index (Phi) is 6.56. The van der Waals surface area contributed by atoms with E-state index in [9.17, 15) is 22.8 Å². The first-order chi connectivity index (χ1) is 17.3. The van der Waals surface area contributed by atoms with E-state index in [1.165, 1.54) is 34.2 Å². The second kappa shape index (κ2) is 9.80. The first kappa shape index (κ1) is 24.1. The number of nitrogens with zero attached hydrogens (tertiary/aromatic N) is 1. The average molecular weight is 493 g/mol. The van der Waals surface area contributed by atoms with E-state index in [4.69, 9.17) is 0 Å². The Morgan fingerprint density at radius 1 is 0.861 bits per heavy atom. The first-order valence-corrected chi connectivity index (χ1v) is 12.3. The van der Waals surface area contributed by atoms with Gasteiger partial charge in [-0.05, 0) is 73.1 Å². The van der Waals surface area contributed by atoms with Gasteiger partial charge in [-0.1, -0.05) is 48.5 Å². The van der Waals surface area contributed by atoms with Crippen molar-refractivity contribution in [2.24, 2.45) is 5.92 Å². The van der Waals surface area contributed by atoms with Gasteiger partial charge < -0.3 is 10.2 Å². The molecule has 1 N–H and O–H groups in total. The Hall–Kier alpha value is -3.61. The van der Waals surface area contributed by atoms with Gasteiger partial charge in [-0.15, -0.1) is 0 Å². The summed E-state index contributed by atoms with van der Waals surface area (Å²) in [6.07, 6.45) is -0.488. The van der Waals surface area contributed by atoms with Crippen LogP contribution in [0.5, 0.6) is 0 Å². The molecular formula is C29H27F3N2O2. The lowest BCUT2D eigenvalue weighted by atomic mass is 9.83. The van der Waals surface area contributed by atoms with Gasteiger partial charge in [0, 0.05) is 12.2 Å². The fraction of sp³-hybridized carbons (Fsp3) is 0.310. The second-order valence-corrected chi connectivity index (χ2v) is 9.47. The predicted octanol–water partition coefficient (Wildman–Crippen LogP) is 6.43. The Bertz CT molecular complexity index is 1270. The third-order valence-corrected chi connectivity index (χ3v) is 7.20. The topological polar surface area (TPSA) is 49.4 Å². The number of amides is 2. The minimum atomic E-state index is -4.66. The van der Waals surface area contributed by atoms with Crippen molar-refractivity contribution < 1.29 is 22.8 Å². The van der Waals surface area contributed by atoms with Gasteiger partial charge in [0.1, 0.15) is 0 Å². The number of hydrogen-bond acceptors (Lipinski definition) is 2. The zero-order chi connectivity index (χ0) is 25.3. The first-order valence-electron chi connectivity index (χ1n) is 12.3. The molecule has 186 valence electrons. The molecule has 4 nitrogen and oxygen atoms in total. The maximum absolute atomic E-state index is 13.7. The number of likely N-dealkylation sites (tertiary alicyclic amines) is 1. The molecule has 0 radical (unpaired) electrons. The van der Waals surface area contributed by atoms with Crippen LogP contribution < -0.4 is 5.32 Å². The predicted molar refractivity (Wildman–Crippen MR) is 131 cm³/mol. The molecule has 2 amide bonds. The summed E-state index contributed by atoms with van der Waals surface area (Å²) < 4.78 is 41.1. The number of carbonyl (C=O) groups is 2. The summed E-state index contributed by atoms with van der Waals surface area (Å²) in [4.78, 5) is 28.6. The molecule has 1 fully saturated rings. The third-order valence-electron chi connectivity index (χ3n) is 7.20. The summed E-state index contributed by atoms with van der Waals surface area (Å²) >= 11 is 0. The molecule has 0 aromatic heterocycles. The van der Waals surface area contributed by atoms with Crippen LogP contribution in [-0.4, -0.2) is 23.3 Å². The molecule has 1 unspecified atom stereocenters. The van der Waals surface area contributed by atoms with Gasteiger partial charge in [0.15, 0.2) is 0 Å². The van der Waals surface area contributed by atoms with Gasteiger partial charge in [0.25, 0.3) is 5.91 Å². The maximum Gasteiger partial charge on any atom is 0.417 e. The van der Waals surface area contributed by atoms with E-state index in [2.05, 4.69) is 5.32 Å². The van der Waals surface area contributed by atoms with Gasteiger partial charge in [0.2, 0.25) is 5.91 Å². The molecule has 3 aromatic rings. The molecule has 7 heteroatoms. The van der Waals surface area contributed by atoms with Crippen molar-refractivity contribution >= 4 is 17.5 Å². The van der Waals surface area contributed by atoms with Crippen LogP contribution in [0.3, 0.4) is 0 Å². The highest BCUT2D eigenvalue weighted by Gasteiger charge is 2.42. The standard InChI is InChI=1S/C29H27F3N2O2/c30-29(31,32)25-14-5-4-12-23(25)28(36)34-17-7-13-24(26(34)20-8-2-1-3-9-20)27(35)33-22-16-15-19-10-6-11-21(19)18-22/h1-5,8-9,12,14-16,18,24,26H,6-7,10-11,13,17H2,(H,33,35)/t24-,26?/m0/s1. The van der Waals surface area contributed by atoms with Crippen LogP contribution in [0.25, 0.3) is 0 Å². The maximum atomic E-state index is 13.7. The van der Waals surface area contributed by atoms with E-state index in [0.29, 0.717) is 18.5 Å². The quantitative estimate of drug-likeness (QED) is 0.457. The number of alkyl halides is 3. The van der Waals surface area contributed by atoms with Crippen LogP contribution in [0.2, 0.25) is 0 Å². The van der Waals surface area contributed by atoms with Gasteiger partial charge in [0.05, 0.1) is 23.1 Å². The molecule has 1 heterocycles. The van der Waals surface area contributed by atoms with Crippen molar-refractivity contribution in [3.05, 3.63) is 101 Å². The van der Waals surface area contributed by atoms with Gasteiger partial charge in [-0.3, -0.25) is 9.59 Å². The second-order valence-electron chi connectivity index (χ2n) is 9.47. The number of rotatable bonds is 4. The normalized spacial score (nSPS) is 19.6. The molecule has 0 spiro atoms. The van der Waals surface area contributed by atoms with Crippen molar-refractivity contribution in [2.45, 2.75) is 44.3 Å². The Balaban J connectivity index is 1.48. The molecule has 5 rings (SSSR count). The van der Waals surface area contributed by atoms with Crippen LogP contribution >= 0.6 is 0 Å². The largest absolute Gasteiger partial charge is 0.417 e. The van der Waals surface area contributed by atoms with Crippen molar-refractivity contribution in [3.63, 3.8) is 0 Å². The zero-order valence-electron chi connectivity index (χ0n) is 19.7. The summed E-state index contributed by atoms with van der Waals surface area (Å²) in [5, 5.41) is 3.02. The molecule has 1 aliphatic heterocycles. The van der Waals surface area contributed by atoms with Crippen molar-refractivity contribution in [2.75, 3.05) is 11.9 Å². The molecule has 2 atom stereocenters. The summed E-state index contributed by atoms with van der Waals surface area (Å²) in [5.41, 5.74) is 2.60. The SMILES string of the molecule is O=C(Nc1ccc2c(c1)CCC2)[C@H]1CCCN(C(=O)c2ccccc2C(F)(F)F)C1c1ccccc1. The number of benzene rings is 3. The van der Waals surface area contributed by atoms with E-state index in [0.717, 1.165) is 30.9 Å². The molecule has 1 saturated heterocycles. The highest BCUT2D eigenvalue weighted by Crippen LogP contribution is 2.40. The lowest BCUT2D eigenvalue weighted by Crippen LogP contribution is -2.46. The molecular weight excluding hydrogens is 465 g/mol. The van der Waals surface area contributed by atoms with Crippen LogP contribution in [-0.2, 0) is 23.8 Å². The lowest BCUT2D eigenvalue weighted by molar-refractivity contribution is -0.138. The van der Waals surface area contributed by atoms with Crippen LogP contribution in [0.4, 0.5) is 18.9 Å². The number of hydrogen-bond donors (Lipinski definition) is 1. The van der Waals surface area contributed by atoms with E-state index in [1.54, 1.807) is 0 Å². The van der Waals surface area contributed by atoms with Gasteiger partial charge >= 0.3 is 6.18 Å². The van der Waals surface area contributed by atoms with Gasteiger partial charge in [-0.25, -0.2) is 0 Å². The summed E-state index contributed by atoms with van der Waals surface area (Å²) in [5.74, 6) is -1.55. The zero-order valence-corrected chi connectivity index (χ0v) is 19.7. The Morgan fingerprint density at radius 3 is 2.36 bits per heavy atom. The molecule has 0 saturated carbocycles. The molecule has 36 heavy (non-hydrogen) atoms. The Labute approximate surface area is 208 Å². The van der Waals surface area contributed by atoms with E-state index < -0.39 is 35.2 Å². The van der Waals surface area contributed by atoms with Crippen LogP contribution in [0, 0.1) is 5.92 Å². The minimum Gasteiger partial charge on any atom is -0.331 e. The molecule has 0 bridgehead atoms. The fourth-order valence-corrected chi connectivity index (χ4v) is 5.52. The number of carbonyl (C=O) groups excluding carboxylic acids is 2. The molecule has 3 aromatic carbocycles. The third kappa shape index (κ3) is 4.74. The summed E-state index contributed by atoms with van der Waals surface area (Å²) in [6.45, 7) is 0.271. The monoisotopic (exact) mass is 492 g/mol.